The minimum absolute atomic E-state index is 0.131. The van der Waals surface area contributed by atoms with Crippen LogP contribution in [-0.4, -0.2) is 58.5 Å². The lowest BCUT2D eigenvalue weighted by Crippen LogP contribution is -2.58. The molecular formula is C20H28N4O2. The molecule has 5 rings (SSSR count). The van der Waals surface area contributed by atoms with E-state index in [1.807, 2.05) is 17.6 Å². The third-order valence-corrected chi connectivity index (χ3v) is 6.97. The van der Waals surface area contributed by atoms with Gasteiger partial charge in [-0.2, -0.15) is 0 Å². The highest BCUT2D eigenvalue weighted by Gasteiger charge is 2.40. The first-order chi connectivity index (χ1) is 12.6. The first kappa shape index (κ1) is 16.5. The van der Waals surface area contributed by atoms with Crippen molar-refractivity contribution in [3.8, 4) is 0 Å². The monoisotopic (exact) mass is 356 g/mol. The molecule has 1 amide bonds. The lowest BCUT2D eigenvalue weighted by molar-refractivity contribution is -0.143. The van der Waals surface area contributed by atoms with Crippen molar-refractivity contribution >= 4 is 5.91 Å². The number of hydrogen-bond acceptors (Lipinski definition) is 4. The zero-order valence-electron chi connectivity index (χ0n) is 15.5. The number of pyridine rings is 1. The van der Waals surface area contributed by atoms with Crippen LogP contribution in [0.5, 0.6) is 0 Å². The molecule has 4 atom stereocenters. The third kappa shape index (κ3) is 2.54. The van der Waals surface area contributed by atoms with E-state index in [4.69, 9.17) is 0 Å². The second-order valence-corrected chi connectivity index (χ2v) is 8.59. The molecule has 0 aliphatic carbocycles. The van der Waals surface area contributed by atoms with Crippen LogP contribution in [-0.2, 0) is 17.9 Å². The summed E-state index contributed by atoms with van der Waals surface area (Å²) >= 11 is 0. The van der Waals surface area contributed by atoms with Crippen molar-refractivity contribution < 1.29 is 4.79 Å². The number of piperidine rings is 1. The summed E-state index contributed by atoms with van der Waals surface area (Å²) in [6, 6.07) is 4.38. The van der Waals surface area contributed by atoms with E-state index in [9.17, 15) is 9.59 Å². The van der Waals surface area contributed by atoms with Crippen molar-refractivity contribution in [3.05, 3.63) is 33.7 Å². The highest BCUT2D eigenvalue weighted by atomic mass is 16.2. The molecular weight excluding hydrogens is 328 g/mol. The summed E-state index contributed by atoms with van der Waals surface area (Å²) in [6.45, 7) is 7.19. The third-order valence-electron chi connectivity index (χ3n) is 6.97. The zero-order valence-corrected chi connectivity index (χ0v) is 15.5. The van der Waals surface area contributed by atoms with Crippen molar-refractivity contribution in [1.82, 2.24) is 19.7 Å². The number of aromatic nitrogens is 1. The van der Waals surface area contributed by atoms with Crippen LogP contribution < -0.4 is 10.9 Å². The summed E-state index contributed by atoms with van der Waals surface area (Å²) in [5, 5.41) is 3.49. The number of amides is 1. The molecule has 0 saturated carbocycles. The topological polar surface area (TPSA) is 57.6 Å². The Hall–Kier alpha value is -1.66. The molecule has 3 saturated heterocycles. The Morgan fingerprint density at radius 1 is 1.19 bits per heavy atom. The average Bonchev–Trinajstić information content (AvgIpc) is 3.11. The van der Waals surface area contributed by atoms with Crippen molar-refractivity contribution in [2.45, 2.75) is 57.3 Å². The molecule has 6 nitrogen and oxygen atoms in total. The molecule has 4 aliphatic heterocycles. The molecule has 2 bridgehead atoms. The Kier molecular flexibility index (Phi) is 3.94. The Bertz CT molecular complexity index is 789. The molecule has 0 spiro atoms. The van der Waals surface area contributed by atoms with Gasteiger partial charge in [0.05, 0.1) is 6.04 Å². The number of rotatable bonds is 2. The van der Waals surface area contributed by atoms with Crippen LogP contribution in [0.4, 0.5) is 0 Å². The smallest absolute Gasteiger partial charge is 0.255 e. The Balaban J connectivity index is 1.42. The lowest BCUT2D eigenvalue weighted by Gasteiger charge is -2.42. The fourth-order valence-electron chi connectivity index (χ4n) is 5.52. The molecule has 0 unspecified atom stereocenters. The lowest BCUT2D eigenvalue weighted by atomic mass is 9.84. The van der Waals surface area contributed by atoms with Gasteiger partial charge in [0.2, 0.25) is 5.91 Å². The molecule has 140 valence electrons. The molecule has 26 heavy (non-hydrogen) atoms. The van der Waals surface area contributed by atoms with Crippen LogP contribution >= 0.6 is 0 Å². The number of fused-ring (bicyclic) bond motifs is 5. The van der Waals surface area contributed by atoms with Crippen LogP contribution in [0.1, 0.15) is 43.4 Å². The Morgan fingerprint density at radius 2 is 2.08 bits per heavy atom. The maximum absolute atomic E-state index is 13.2. The SMILES string of the molecule is C[C@@H]1C(=O)N2CCC[C@@H]2CN1Cc1ccc2n(c1=O)C[C@@H]1CNC[C@H]2C1. The molecule has 3 fully saturated rings. The fraction of sp³-hybridized carbons (Fsp3) is 0.700. The number of hydrogen-bond donors (Lipinski definition) is 1. The molecule has 4 aliphatic rings. The van der Waals surface area contributed by atoms with Gasteiger partial charge in [-0.05, 0) is 44.7 Å². The molecule has 0 radical (unpaired) electrons. The first-order valence-corrected chi connectivity index (χ1v) is 10.1. The largest absolute Gasteiger partial charge is 0.337 e. The fourth-order valence-corrected chi connectivity index (χ4v) is 5.52. The molecule has 6 heteroatoms. The number of nitrogens with one attached hydrogen (secondary N) is 1. The van der Waals surface area contributed by atoms with E-state index in [-0.39, 0.29) is 17.5 Å². The Morgan fingerprint density at radius 3 is 2.96 bits per heavy atom. The van der Waals surface area contributed by atoms with E-state index in [2.05, 4.69) is 21.2 Å². The van der Waals surface area contributed by atoms with Crippen LogP contribution in [0.2, 0.25) is 0 Å². The van der Waals surface area contributed by atoms with E-state index >= 15 is 0 Å². The van der Waals surface area contributed by atoms with Gasteiger partial charge in [-0.25, -0.2) is 0 Å². The Labute approximate surface area is 154 Å². The highest BCUT2D eigenvalue weighted by molar-refractivity contribution is 5.83. The summed E-state index contributed by atoms with van der Waals surface area (Å²) < 4.78 is 2.02. The normalized spacial score (nSPS) is 33.9. The van der Waals surface area contributed by atoms with E-state index in [0.717, 1.165) is 51.1 Å². The molecule has 1 N–H and O–H groups in total. The van der Waals surface area contributed by atoms with E-state index < -0.39 is 0 Å². The van der Waals surface area contributed by atoms with Gasteiger partial charge in [0.25, 0.3) is 5.56 Å². The van der Waals surface area contributed by atoms with Crippen LogP contribution in [0.15, 0.2) is 16.9 Å². The maximum Gasteiger partial charge on any atom is 0.255 e. The van der Waals surface area contributed by atoms with Gasteiger partial charge >= 0.3 is 0 Å². The summed E-state index contributed by atoms with van der Waals surface area (Å²) in [7, 11) is 0. The predicted molar refractivity (Wildman–Crippen MR) is 99.0 cm³/mol. The van der Waals surface area contributed by atoms with Crippen LogP contribution in [0, 0.1) is 5.92 Å². The summed E-state index contributed by atoms with van der Waals surface area (Å²) in [5.74, 6) is 1.26. The van der Waals surface area contributed by atoms with Crippen molar-refractivity contribution in [3.63, 3.8) is 0 Å². The van der Waals surface area contributed by atoms with Gasteiger partial charge in [0.15, 0.2) is 0 Å². The number of carbonyl (C=O) groups is 1. The molecule has 5 heterocycles. The van der Waals surface area contributed by atoms with Gasteiger partial charge in [-0.3, -0.25) is 14.5 Å². The first-order valence-electron chi connectivity index (χ1n) is 10.1. The predicted octanol–water partition coefficient (Wildman–Crippen LogP) is 0.750. The van der Waals surface area contributed by atoms with Crippen molar-refractivity contribution in [2.24, 2.45) is 5.92 Å². The maximum atomic E-state index is 13.2. The van der Waals surface area contributed by atoms with Gasteiger partial charge in [-0.1, -0.05) is 6.07 Å². The van der Waals surface area contributed by atoms with Gasteiger partial charge in [0.1, 0.15) is 0 Å². The van der Waals surface area contributed by atoms with E-state index in [0.29, 0.717) is 24.4 Å². The molecule has 1 aromatic heterocycles. The number of piperazine rings is 1. The summed E-state index contributed by atoms with van der Waals surface area (Å²) in [5.41, 5.74) is 2.19. The summed E-state index contributed by atoms with van der Waals surface area (Å²) in [4.78, 5) is 30.1. The number of carbonyl (C=O) groups excluding carboxylic acids is 1. The van der Waals surface area contributed by atoms with Gasteiger partial charge in [0, 0.05) is 55.9 Å². The van der Waals surface area contributed by atoms with Crippen LogP contribution in [0.25, 0.3) is 0 Å². The van der Waals surface area contributed by atoms with E-state index in [1.54, 1.807) is 0 Å². The second kappa shape index (κ2) is 6.20. The minimum Gasteiger partial charge on any atom is -0.337 e. The minimum atomic E-state index is -0.131. The molecule has 1 aromatic rings. The molecule has 0 aromatic carbocycles. The van der Waals surface area contributed by atoms with Crippen LogP contribution in [0.3, 0.4) is 0 Å². The average molecular weight is 356 g/mol. The van der Waals surface area contributed by atoms with Crippen molar-refractivity contribution in [2.75, 3.05) is 26.2 Å². The standard InChI is InChI=1S/C20H28N4O2/c1-13-19(25)23-6-2-3-17(23)12-22(13)11-15-4-5-18-16-7-14(8-21-9-16)10-24(18)20(15)26/h4-5,13-14,16-17,21H,2-3,6-12H2,1H3/t13-,14+,16-,17-/m1/s1. The second-order valence-electron chi connectivity index (χ2n) is 8.59. The van der Waals surface area contributed by atoms with Gasteiger partial charge in [-0.15, -0.1) is 0 Å². The highest BCUT2D eigenvalue weighted by Crippen LogP contribution is 2.32. The van der Waals surface area contributed by atoms with Gasteiger partial charge < -0.3 is 14.8 Å². The van der Waals surface area contributed by atoms with E-state index in [1.165, 1.54) is 12.1 Å². The zero-order chi connectivity index (χ0) is 17.8. The number of nitrogens with zero attached hydrogens (tertiary/aromatic N) is 3. The summed E-state index contributed by atoms with van der Waals surface area (Å²) in [6.07, 6.45) is 3.39. The van der Waals surface area contributed by atoms with Crippen molar-refractivity contribution in [1.29, 1.82) is 0 Å². The quantitative estimate of drug-likeness (QED) is 0.850.